The van der Waals surface area contributed by atoms with Crippen LogP contribution in [-0.2, 0) is 9.53 Å². The summed E-state index contributed by atoms with van der Waals surface area (Å²) in [6.07, 6.45) is 1.85. The third-order valence-electron chi connectivity index (χ3n) is 4.54. The lowest BCUT2D eigenvalue weighted by atomic mass is 9.96. The summed E-state index contributed by atoms with van der Waals surface area (Å²) in [6.45, 7) is 3.76. The normalized spacial score (nSPS) is 16.5. The highest BCUT2D eigenvalue weighted by atomic mass is 35.5. The number of thiophene rings is 1. The van der Waals surface area contributed by atoms with Crippen LogP contribution >= 0.6 is 34.3 Å². The number of ether oxygens (including phenoxy) is 1. The first-order chi connectivity index (χ1) is 14.0. The molecule has 0 unspecified atom stereocenters. The monoisotopic (exact) mass is 444 g/mol. The number of rotatable bonds is 4. The summed E-state index contributed by atoms with van der Waals surface area (Å²) in [6, 6.07) is 8.47. The van der Waals surface area contributed by atoms with E-state index in [0.717, 1.165) is 11.1 Å². The van der Waals surface area contributed by atoms with Gasteiger partial charge >= 0.3 is 5.97 Å². The molecule has 0 aliphatic carbocycles. The van der Waals surface area contributed by atoms with Crippen LogP contribution in [0.25, 0.3) is 6.08 Å². The van der Waals surface area contributed by atoms with Crippen molar-refractivity contribution in [3.8, 4) is 0 Å². The number of benzene rings is 1. The van der Waals surface area contributed by atoms with Crippen molar-refractivity contribution in [3.05, 3.63) is 88.2 Å². The molecule has 1 atom stereocenters. The molecule has 0 fully saturated rings. The number of aromatic nitrogens is 1. The van der Waals surface area contributed by atoms with E-state index in [9.17, 15) is 9.59 Å². The van der Waals surface area contributed by atoms with Crippen LogP contribution in [0.3, 0.4) is 0 Å². The van der Waals surface area contributed by atoms with Gasteiger partial charge in [0.15, 0.2) is 4.80 Å². The number of hydrogen-bond acceptors (Lipinski definition) is 6. The van der Waals surface area contributed by atoms with Gasteiger partial charge in [0.2, 0.25) is 0 Å². The lowest BCUT2D eigenvalue weighted by Crippen LogP contribution is -2.39. The molecule has 29 heavy (non-hydrogen) atoms. The summed E-state index contributed by atoms with van der Waals surface area (Å²) in [4.78, 5) is 31.2. The van der Waals surface area contributed by atoms with Crippen LogP contribution in [0.2, 0.25) is 5.02 Å². The maximum absolute atomic E-state index is 13.3. The molecule has 148 valence electrons. The first kappa shape index (κ1) is 19.8. The van der Waals surface area contributed by atoms with Crippen LogP contribution in [0.5, 0.6) is 0 Å². The molecular weight excluding hydrogens is 428 g/mol. The lowest BCUT2D eigenvalue weighted by Gasteiger charge is -2.24. The Morgan fingerprint density at radius 2 is 2.07 bits per heavy atom. The minimum Gasteiger partial charge on any atom is -0.463 e. The van der Waals surface area contributed by atoms with Crippen LogP contribution in [0.15, 0.2) is 62.1 Å². The minimum absolute atomic E-state index is 0.186. The lowest BCUT2D eigenvalue weighted by molar-refractivity contribution is -0.139. The SMILES string of the molecule is CCOC(=O)C1=C(C)N=c2s/c(=C/c3ccsc3)c(=O)n2[C@H]1c1ccc(Cl)cc1. The van der Waals surface area contributed by atoms with E-state index in [1.807, 2.05) is 35.0 Å². The summed E-state index contributed by atoms with van der Waals surface area (Å²) in [5, 5.41) is 4.52. The Bertz CT molecular complexity index is 1270. The van der Waals surface area contributed by atoms with Crippen molar-refractivity contribution < 1.29 is 9.53 Å². The van der Waals surface area contributed by atoms with Crippen molar-refractivity contribution in [3.63, 3.8) is 0 Å². The zero-order chi connectivity index (χ0) is 20.5. The number of thiazole rings is 1. The van der Waals surface area contributed by atoms with E-state index in [2.05, 4.69) is 4.99 Å². The van der Waals surface area contributed by atoms with Gasteiger partial charge in [-0.2, -0.15) is 11.3 Å². The molecule has 2 aromatic heterocycles. The first-order valence-electron chi connectivity index (χ1n) is 8.97. The van der Waals surface area contributed by atoms with Crippen molar-refractivity contribution >= 4 is 46.3 Å². The summed E-state index contributed by atoms with van der Waals surface area (Å²) in [7, 11) is 0. The molecule has 0 saturated heterocycles. The Balaban J connectivity index is 1.97. The second-order valence-corrected chi connectivity index (χ2v) is 8.64. The average Bonchev–Trinajstić information content (AvgIpc) is 3.30. The highest BCUT2D eigenvalue weighted by Crippen LogP contribution is 2.31. The minimum atomic E-state index is -0.618. The highest BCUT2D eigenvalue weighted by Gasteiger charge is 2.33. The molecule has 3 aromatic rings. The molecule has 0 amide bonds. The van der Waals surface area contributed by atoms with Crippen molar-refractivity contribution in [2.24, 2.45) is 4.99 Å². The Kier molecular flexibility index (Phi) is 5.54. The first-order valence-corrected chi connectivity index (χ1v) is 11.1. The highest BCUT2D eigenvalue weighted by molar-refractivity contribution is 7.08. The molecule has 0 N–H and O–H groups in total. The Morgan fingerprint density at radius 3 is 2.72 bits per heavy atom. The molecule has 0 bridgehead atoms. The molecule has 0 radical (unpaired) electrons. The summed E-state index contributed by atoms with van der Waals surface area (Å²) >= 11 is 8.93. The number of carbonyl (C=O) groups is 1. The van der Waals surface area contributed by atoms with Crippen LogP contribution < -0.4 is 14.9 Å². The molecule has 1 aliphatic rings. The average molecular weight is 445 g/mol. The molecule has 1 aromatic carbocycles. The molecule has 0 saturated carbocycles. The number of hydrogen-bond donors (Lipinski definition) is 0. The third-order valence-corrected chi connectivity index (χ3v) is 6.48. The van der Waals surface area contributed by atoms with Crippen molar-refractivity contribution in [1.82, 2.24) is 4.57 Å². The van der Waals surface area contributed by atoms with Crippen LogP contribution in [0, 0.1) is 0 Å². The van der Waals surface area contributed by atoms with Crippen LogP contribution in [0.4, 0.5) is 0 Å². The summed E-state index contributed by atoms with van der Waals surface area (Å²) in [5.41, 5.74) is 2.46. The second-order valence-electron chi connectivity index (χ2n) is 6.41. The Labute approximate surface area is 179 Å². The molecule has 4 rings (SSSR count). The van der Waals surface area contributed by atoms with Crippen molar-refractivity contribution in [1.29, 1.82) is 0 Å². The maximum Gasteiger partial charge on any atom is 0.338 e. The van der Waals surface area contributed by atoms with Crippen LogP contribution in [0.1, 0.15) is 31.0 Å². The Hall–Kier alpha value is -2.48. The summed E-state index contributed by atoms with van der Waals surface area (Å²) in [5.74, 6) is -0.471. The van der Waals surface area contributed by atoms with Gasteiger partial charge in [-0.25, -0.2) is 9.79 Å². The van der Waals surface area contributed by atoms with Gasteiger partial charge in [0.05, 0.1) is 28.5 Å². The fraction of sp³-hybridized carbons (Fsp3) is 0.190. The Morgan fingerprint density at radius 1 is 1.31 bits per heavy atom. The predicted octanol–water partition coefficient (Wildman–Crippen LogP) is 3.51. The number of fused-ring (bicyclic) bond motifs is 1. The number of halogens is 1. The quantitative estimate of drug-likeness (QED) is 0.578. The van der Waals surface area contributed by atoms with Crippen LogP contribution in [-0.4, -0.2) is 17.1 Å². The van der Waals surface area contributed by atoms with E-state index in [4.69, 9.17) is 16.3 Å². The van der Waals surface area contributed by atoms with Gasteiger partial charge in [0.25, 0.3) is 5.56 Å². The number of nitrogens with zero attached hydrogens (tertiary/aromatic N) is 2. The fourth-order valence-corrected chi connectivity index (χ4v) is 5.05. The largest absolute Gasteiger partial charge is 0.463 e. The topological polar surface area (TPSA) is 60.7 Å². The third kappa shape index (κ3) is 3.73. The fourth-order valence-electron chi connectivity index (χ4n) is 3.26. The van der Waals surface area contributed by atoms with Gasteiger partial charge in [0, 0.05) is 5.02 Å². The number of allylic oxidation sites excluding steroid dienone is 1. The second kappa shape index (κ2) is 8.10. The summed E-state index contributed by atoms with van der Waals surface area (Å²) < 4.78 is 7.42. The molecule has 1 aliphatic heterocycles. The van der Waals surface area contributed by atoms with E-state index in [1.54, 1.807) is 41.9 Å². The van der Waals surface area contributed by atoms with Gasteiger partial charge in [-0.3, -0.25) is 9.36 Å². The molecule has 5 nitrogen and oxygen atoms in total. The van der Waals surface area contributed by atoms with Gasteiger partial charge in [-0.05, 0) is 60.0 Å². The van der Waals surface area contributed by atoms with E-state index >= 15 is 0 Å². The zero-order valence-corrected chi connectivity index (χ0v) is 18.1. The standard InChI is InChI=1S/C21H17ClN2O3S2/c1-3-27-20(26)17-12(2)23-21-24(18(17)14-4-6-15(22)7-5-14)19(25)16(29-21)10-13-8-9-28-11-13/h4-11,18H,3H2,1-2H3/b16-10+/t18-/m0/s1. The number of carbonyl (C=O) groups excluding carboxylic acids is 1. The van der Waals surface area contributed by atoms with E-state index in [0.29, 0.717) is 25.6 Å². The zero-order valence-electron chi connectivity index (χ0n) is 15.7. The van der Waals surface area contributed by atoms with Crippen molar-refractivity contribution in [2.45, 2.75) is 19.9 Å². The predicted molar refractivity (Wildman–Crippen MR) is 116 cm³/mol. The van der Waals surface area contributed by atoms with Gasteiger partial charge in [-0.15, -0.1) is 0 Å². The van der Waals surface area contributed by atoms with E-state index < -0.39 is 12.0 Å². The molecule has 8 heteroatoms. The van der Waals surface area contributed by atoms with Gasteiger partial charge in [-0.1, -0.05) is 35.1 Å². The van der Waals surface area contributed by atoms with Crippen molar-refractivity contribution in [2.75, 3.05) is 6.61 Å². The molecule has 3 heterocycles. The van der Waals surface area contributed by atoms with Gasteiger partial charge in [0.1, 0.15) is 0 Å². The number of esters is 1. The van der Waals surface area contributed by atoms with Gasteiger partial charge < -0.3 is 4.74 Å². The van der Waals surface area contributed by atoms with E-state index in [1.165, 1.54) is 11.3 Å². The molecule has 0 spiro atoms. The maximum atomic E-state index is 13.3. The van der Waals surface area contributed by atoms with E-state index in [-0.39, 0.29) is 12.2 Å². The smallest absolute Gasteiger partial charge is 0.338 e. The molecular formula is C21H17ClN2O3S2.